The first-order chi connectivity index (χ1) is 6.68. The second-order valence-corrected chi connectivity index (χ2v) is 2.64. The fraction of sp³-hybridized carbons (Fsp3) is 0.143. The van der Waals surface area contributed by atoms with Crippen molar-refractivity contribution in [2.45, 2.75) is 6.18 Å². The molecule has 8 heteroatoms. The van der Waals surface area contributed by atoms with Crippen molar-refractivity contribution < 1.29 is 26.3 Å². The summed E-state index contributed by atoms with van der Waals surface area (Å²) in [7, 11) is 0. The zero-order valence-corrected chi connectivity index (χ0v) is 6.92. The van der Waals surface area contributed by atoms with Gasteiger partial charge in [0.15, 0.2) is 17.5 Å². The lowest BCUT2D eigenvalue weighted by molar-refractivity contribution is -0.139. The summed E-state index contributed by atoms with van der Waals surface area (Å²) in [6.07, 6.45) is -5.24. The Balaban J connectivity index is 3.68. The van der Waals surface area contributed by atoms with Gasteiger partial charge in [-0.25, -0.2) is 13.2 Å². The van der Waals surface area contributed by atoms with Crippen molar-refractivity contribution in [1.29, 1.82) is 0 Å². The molecule has 84 valence electrons. The summed E-state index contributed by atoms with van der Waals surface area (Å²) in [5.74, 6) is -6.63. The second kappa shape index (κ2) is 3.21. The molecule has 0 heterocycles. The number of hydrogen-bond donors (Lipinski definition) is 2. The fourth-order valence-corrected chi connectivity index (χ4v) is 0.973. The summed E-state index contributed by atoms with van der Waals surface area (Å²) in [6, 6.07) is 0. The fourth-order valence-electron chi connectivity index (χ4n) is 0.973. The van der Waals surface area contributed by atoms with E-state index in [1.807, 2.05) is 0 Å². The molecule has 0 unspecified atom stereocenters. The predicted octanol–water partition coefficient (Wildman–Crippen LogP) is 2.29. The molecule has 15 heavy (non-hydrogen) atoms. The van der Waals surface area contributed by atoms with E-state index >= 15 is 0 Å². The maximum atomic E-state index is 12.7. The first-order valence-electron chi connectivity index (χ1n) is 3.46. The molecule has 0 spiro atoms. The number of hydrogen-bond acceptors (Lipinski definition) is 2. The van der Waals surface area contributed by atoms with E-state index in [1.165, 1.54) is 0 Å². The second-order valence-electron chi connectivity index (χ2n) is 2.64. The minimum atomic E-state index is -5.24. The van der Waals surface area contributed by atoms with Gasteiger partial charge >= 0.3 is 6.18 Å². The van der Waals surface area contributed by atoms with Crippen LogP contribution in [0.5, 0.6) is 0 Å². The first-order valence-corrected chi connectivity index (χ1v) is 3.46. The number of nitrogens with two attached hydrogens (primary N) is 2. The molecule has 0 atom stereocenters. The Hall–Kier alpha value is -1.60. The number of nitrogen functional groups attached to an aromatic ring is 2. The van der Waals surface area contributed by atoms with Crippen LogP contribution in [0.4, 0.5) is 37.7 Å². The third-order valence-electron chi connectivity index (χ3n) is 1.68. The Kier molecular flexibility index (Phi) is 2.46. The van der Waals surface area contributed by atoms with Crippen LogP contribution in [0, 0.1) is 17.5 Å². The maximum Gasteiger partial charge on any atom is 0.421 e. The van der Waals surface area contributed by atoms with Crippen LogP contribution in [0.15, 0.2) is 0 Å². The Morgan fingerprint density at radius 2 is 1.20 bits per heavy atom. The highest BCUT2D eigenvalue weighted by atomic mass is 19.4. The predicted molar refractivity (Wildman–Crippen MR) is 40.1 cm³/mol. The molecular weight excluding hydrogens is 226 g/mol. The molecule has 0 saturated heterocycles. The molecule has 0 saturated carbocycles. The van der Waals surface area contributed by atoms with Gasteiger partial charge in [0.2, 0.25) is 0 Å². The van der Waals surface area contributed by atoms with Crippen LogP contribution >= 0.6 is 0 Å². The summed E-state index contributed by atoms with van der Waals surface area (Å²) in [5, 5.41) is 0. The molecule has 0 aromatic heterocycles. The molecule has 0 amide bonds. The molecule has 4 N–H and O–H groups in total. The van der Waals surface area contributed by atoms with Gasteiger partial charge in [-0.1, -0.05) is 0 Å². The molecule has 1 aromatic rings. The summed E-state index contributed by atoms with van der Waals surface area (Å²) in [4.78, 5) is 0. The molecule has 0 aliphatic carbocycles. The Morgan fingerprint density at radius 3 is 1.60 bits per heavy atom. The average Bonchev–Trinajstić information content (AvgIpc) is 2.09. The van der Waals surface area contributed by atoms with E-state index in [0.717, 1.165) is 0 Å². The summed E-state index contributed by atoms with van der Waals surface area (Å²) in [5.41, 5.74) is 4.77. The standard InChI is InChI=1S/C7H4F6N2/c8-2-1(7(11,12)13)5(14)6(15)4(10)3(2)9/h14-15H2. The number of alkyl halides is 3. The lowest BCUT2D eigenvalue weighted by atomic mass is 10.1. The number of benzene rings is 1. The van der Waals surface area contributed by atoms with Crippen molar-refractivity contribution in [2.24, 2.45) is 0 Å². The molecule has 0 aliphatic rings. The van der Waals surface area contributed by atoms with E-state index < -0.39 is 40.6 Å². The van der Waals surface area contributed by atoms with Crippen molar-refractivity contribution in [3.8, 4) is 0 Å². The van der Waals surface area contributed by atoms with Gasteiger partial charge in [-0.15, -0.1) is 0 Å². The molecular formula is C7H4F6N2. The molecule has 0 aliphatic heterocycles. The van der Waals surface area contributed by atoms with Gasteiger partial charge in [0.1, 0.15) is 5.56 Å². The summed E-state index contributed by atoms with van der Waals surface area (Å²) >= 11 is 0. The van der Waals surface area contributed by atoms with E-state index in [1.54, 1.807) is 0 Å². The normalized spacial score (nSPS) is 11.9. The van der Waals surface area contributed by atoms with Crippen molar-refractivity contribution >= 4 is 11.4 Å². The van der Waals surface area contributed by atoms with Gasteiger partial charge in [-0.05, 0) is 0 Å². The number of halogens is 6. The maximum absolute atomic E-state index is 12.7. The van der Waals surface area contributed by atoms with Gasteiger partial charge in [0.05, 0.1) is 11.4 Å². The van der Waals surface area contributed by atoms with Crippen molar-refractivity contribution in [3.05, 3.63) is 23.0 Å². The van der Waals surface area contributed by atoms with Crippen molar-refractivity contribution in [3.63, 3.8) is 0 Å². The van der Waals surface area contributed by atoms with Crippen LogP contribution in [-0.2, 0) is 6.18 Å². The average molecular weight is 230 g/mol. The highest BCUT2D eigenvalue weighted by Crippen LogP contribution is 2.40. The molecule has 0 fully saturated rings. The van der Waals surface area contributed by atoms with Gasteiger partial charge in [-0.3, -0.25) is 0 Å². The van der Waals surface area contributed by atoms with Gasteiger partial charge in [0, 0.05) is 0 Å². The Morgan fingerprint density at radius 1 is 0.733 bits per heavy atom. The van der Waals surface area contributed by atoms with Gasteiger partial charge < -0.3 is 11.5 Å². The van der Waals surface area contributed by atoms with E-state index in [0.29, 0.717) is 0 Å². The quantitative estimate of drug-likeness (QED) is 0.408. The Bertz CT molecular complexity index is 382. The highest BCUT2D eigenvalue weighted by molar-refractivity contribution is 5.69. The summed E-state index contributed by atoms with van der Waals surface area (Å²) in [6.45, 7) is 0. The van der Waals surface area contributed by atoms with E-state index in [4.69, 9.17) is 11.5 Å². The van der Waals surface area contributed by atoms with Crippen molar-refractivity contribution in [1.82, 2.24) is 0 Å². The SMILES string of the molecule is Nc1c(N)c(C(F)(F)F)c(F)c(F)c1F. The largest absolute Gasteiger partial charge is 0.421 e. The van der Waals surface area contributed by atoms with Crippen LogP contribution in [-0.4, -0.2) is 0 Å². The molecule has 1 aromatic carbocycles. The third-order valence-corrected chi connectivity index (χ3v) is 1.68. The van der Waals surface area contributed by atoms with Gasteiger partial charge in [0.25, 0.3) is 0 Å². The third kappa shape index (κ3) is 1.66. The van der Waals surface area contributed by atoms with Crippen molar-refractivity contribution in [2.75, 3.05) is 11.5 Å². The minimum absolute atomic E-state index is 1.26. The van der Waals surface area contributed by atoms with E-state index in [-0.39, 0.29) is 0 Å². The van der Waals surface area contributed by atoms with E-state index in [9.17, 15) is 26.3 Å². The number of rotatable bonds is 0. The van der Waals surface area contributed by atoms with Crippen LogP contribution in [0.25, 0.3) is 0 Å². The van der Waals surface area contributed by atoms with Crippen LogP contribution in [0.1, 0.15) is 5.56 Å². The van der Waals surface area contributed by atoms with Crippen LogP contribution in [0.3, 0.4) is 0 Å². The highest BCUT2D eigenvalue weighted by Gasteiger charge is 2.40. The van der Waals surface area contributed by atoms with Crippen LogP contribution in [0.2, 0.25) is 0 Å². The molecule has 0 bridgehead atoms. The Labute approximate surface area is 79.5 Å². The first kappa shape index (κ1) is 11.5. The molecule has 1 rings (SSSR count). The lowest BCUT2D eigenvalue weighted by Crippen LogP contribution is -2.16. The minimum Gasteiger partial charge on any atom is -0.396 e. The van der Waals surface area contributed by atoms with Gasteiger partial charge in [-0.2, -0.15) is 13.2 Å². The lowest BCUT2D eigenvalue weighted by Gasteiger charge is -2.13. The zero-order valence-electron chi connectivity index (χ0n) is 6.92. The van der Waals surface area contributed by atoms with Crippen LogP contribution < -0.4 is 11.5 Å². The number of anilines is 2. The summed E-state index contributed by atoms with van der Waals surface area (Å²) < 4.78 is 74.3. The zero-order chi connectivity index (χ0) is 12.0. The molecule has 0 radical (unpaired) electrons. The van der Waals surface area contributed by atoms with E-state index in [2.05, 4.69) is 0 Å². The monoisotopic (exact) mass is 230 g/mol. The molecule has 2 nitrogen and oxygen atoms in total. The smallest absolute Gasteiger partial charge is 0.396 e. The topological polar surface area (TPSA) is 52.0 Å².